The number of nitrogens with zero attached hydrogens (tertiary/aromatic N) is 2. The molecule has 1 aliphatic heterocycles. The predicted octanol–water partition coefficient (Wildman–Crippen LogP) is 1.05. The number of nitriles is 1. The normalized spacial score (nSPS) is 15.9. The van der Waals surface area contributed by atoms with Gasteiger partial charge in [-0.1, -0.05) is 0 Å². The highest BCUT2D eigenvalue weighted by molar-refractivity contribution is 7.17. The second-order valence-corrected chi connectivity index (χ2v) is 4.39. The highest BCUT2D eigenvalue weighted by Gasteiger charge is 2.22. The summed E-state index contributed by atoms with van der Waals surface area (Å²) in [7, 11) is 1.57. The smallest absolute Gasteiger partial charge is 0.177 e. The Bertz CT molecular complexity index is 418. The van der Waals surface area contributed by atoms with Crippen LogP contribution in [0.25, 0.3) is 0 Å². The summed E-state index contributed by atoms with van der Waals surface area (Å²) >= 11 is 1.38. The van der Waals surface area contributed by atoms with Gasteiger partial charge in [-0.2, -0.15) is 5.26 Å². The maximum Gasteiger partial charge on any atom is 0.177 e. The van der Waals surface area contributed by atoms with Crippen LogP contribution in [0.15, 0.2) is 0 Å². The van der Waals surface area contributed by atoms with Gasteiger partial charge in [-0.25, -0.2) is 0 Å². The minimum atomic E-state index is 0.441. The first-order chi connectivity index (χ1) is 7.77. The average molecular weight is 239 g/mol. The van der Waals surface area contributed by atoms with Crippen LogP contribution in [0.5, 0.6) is 5.75 Å². The molecule has 5 nitrogen and oxygen atoms in total. The molecular formula is C10H13N3O2S. The fourth-order valence-electron chi connectivity index (χ4n) is 1.67. The minimum absolute atomic E-state index is 0.441. The Morgan fingerprint density at radius 3 is 2.75 bits per heavy atom. The van der Waals surface area contributed by atoms with E-state index in [4.69, 9.17) is 20.5 Å². The minimum Gasteiger partial charge on any atom is -0.492 e. The van der Waals surface area contributed by atoms with Crippen LogP contribution in [0.3, 0.4) is 0 Å². The third-order valence-corrected chi connectivity index (χ3v) is 3.64. The van der Waals surface area contributed by atoms with Crippen molar-refractivity contribution >= 4 is 22.0 Å². The van der Waals surface area contributed by atoms with Crippen molar-refractivity contribution in [2.45, 2.75) is 0 Å². The summed E-state index contributed by atoms with van der Waals surface area (Å²) in [5.41, 5.74) is 6.28. The molecule has 1 aliphatic rings. The summed E-state index contributed by atoms with van der Waals surface area (Å²) in [6.07, 6.45) is 0. The van der Waals surface area contributed by atoms with Gasteiger partial charge < -0.3 is 20.1 Å². The lowest BCUT2D eigenvalue weighted by Gasteiger charge is -2.27. The summed E-state index contributed by atoms with van der Waals surface area (Å²) in [6.45, 7) is 3.01. The molecule has 0 unspecified atom stereocenters. The lowest BCUT2D eigenvalue weighted by Crippen LogP contribution is -2.35. The van der Waals surface area contributed by atoms with Crippen LogP contribution >= 0.6 is 11.3 Å². The van der Waals surface area contributed by atoms with Gasteiger partial charge in [-0.05, 0) is 0 Å². The van der Waals surface area contributed by atoms with Gasteiger partial charge in [0.25, 0.3) is 0 Å². The predicted molar refractivity (Wildman–Crippen MR) is 63.0 cm³/mol. The highest BCUT2D eigenvalue weighted by Crippen LogP contribution is 2.44. The van der Waals surface area contributed by atoms with Crippen LogP contribution in [-0.4, -0.2) is 33.4 Å². The van der Waals surface area contributed by atoms with E-state index in [1.165, 1.54) is 11.3 Å². The van der Waals surface area contributed by atoms with Crippen molar-refractivity contribution in [3.05, 3.63) is 4.88 Å². The number of nitrogen functional groups attached to an aromatic ring is 1. The number of hydrogen-bond acceptors (Lipinski definition) is 6. The zero-order chi connectivity index (χ0) is 11.5. The molecule has 86 valence electrons. The van der Waals surface area contributed by atoms with Gasteiger partial charge in [0.05, 0.1) is 20.3 Å². The number of rotatable bonds is 2. The van der Waals surface area contributed by atoms with Crippen LogP contribution in [-0.2, 0) is 4.74 Å². The molecule has 0 bridgehead atoms. The number of ether oxygens (including phenoxy) is 2. The molecule has 2 N–H and O–H groups in total. The Hall–Kier alpha value is -1.45. The number of thiophene rings is 1. The second-order valence-electron chi connectivity index (χ2n) is 3.39. The quantitative estimate of drug-likeness (QED) is 0.835. The van der Waals surface area contributed by atoms with Gasteiger partial charge >= 0.3 is 0 Å². The first-order valence-electron chi connectivity index (χ1n) is 4.97. The SMILES string of the molecule is COc1c(N2CCOCC2)sc(C#N)c1N. The largest absolute Gasteiger partial charge is 0.492 e. The zero-order valence-corrected chi connectivity index (χ0v) is 9.84. The molecule has 0 aliphatic carbocycles. The van der Waals surface area contributed by atoms with E-state index in [9.17, 15) is 0 Å². The second kappa shape index (κ2) is 4.60. The van der Waals surface area contributed by atoms with Crippen LogP contribution < -0.4 is 15.4 Å². The number of methoxy groups -OCH3 is 1. The Morgan fingerprint density at radius 2 is 2.19 bits per heavy atom. The standard InChI is InChI=1S/C10H13N3O2S/c1-14-9-8(12)7(6-11)16-10(9)13-2-4-15-5-3-13/h2-5,12H2,1H3. The monoisotopic (exact) mass is 239 g/mol. The Balaban J connectivity index is 2.35. The maximum absolute atomic E-state index is 8.93. The first-order valence-corrected chi connectivity index (χ1v) is 5.78. The van der Waals surface area contributed by atoms with Gasteiger partial charge in [-0.15, -0.1) is 11.3 Å². The van der Waals surface area contributed by atoms with Crippen molar-refractivity contribution in [2.24, 2.45) is 0 Å². The molecule has 2 rings (SSSR count). The van der Waals surface area contributed by atoms with E-state index in [0.29, 0.717) is 29.5 Å². The summed E-state index contributed by atoms with van der Waals surface area (Å²) in [6, 6.07) is 2.09. The molecule has 0 amide bonds. The number of morpholine rings is 1. The lowest BCUT2D eigenvalue weighted by atomic mass is 10.3. The van der Waals surface area contributed by atoms with Crippen molar-refractivity contribution in [1.82, 2.24) is 0 Å². The third-order valence-electron chi connectivity index (χ3n) is 2.49. The number of nitrogens with two attached hydrogens (primary N) is 1. The molecule has 1 saturated heterocycles. The third kappa shape index (κ3) is 1.79. The van der Waals surface area contributed by atoms with Crippen molar-refractivity contribution in [3.63, 3.8) is 0 Å². The topological polar surface area (TPSA) is 71.5 Å². The van der Waals surface area contributed by atoms with Crippen molar-refractivity contribution in [1.29, 1.82) is 5.26 Å². The number of hydrogen-bond donors (Lipinski definition) is 1. The van der Waals surface area contributed by atoms with Crippen molar-refractivity contribution in [3.8, 4) is 11.8 Å². The van der Waals surface area contributed by atoms with Crippen LogP contribution in [0, 0.1) is 11.3 Å². The molecule has 0 radical (unpaired) electrons. The molecular weight excluding hydrogens is 226 g/mol. The van der Waals surface area contributed by atoms with Crippen molar-refractivity contribution in [2.75, 3.05) is 44.0 Å². The van der Waals surface area contributed by atoms with E-state index in [-0.39, 0.29) is 0 Å². The lowest BCUT2D eigenvalue weighted by molar-refractivity contribution is 0.123. The molecule has 6 heteroatoms. The van der Waals surface area contributed by atoms with Crippen LogP contribution in [0.2, 0.25) is 0 Å². The molecule has 1 fully saturated rings. The Kier molecular flexibility index (Phi) is 3.17. The van der Waals surface area contributed by atoms with Crippen LogP contribution in [0.1, 0.15) is 4.88 Å². The van der Waals surface area contributed by atoms with E-state index in [2.05, 4.69) is 11.0 Å². The van der Waals surface area contributed by atoms with Gasteiger partial charge in [0.1, 0.15) is 21.6 Å². The van der Waals surface area contributed by atoms with E-state index >= 15 is 0 Å². The van der Waals surface area contributed by atoms with Gasteiger partial charge in [-0.3, -0.25) is 0 Å². The number of anilines is 2. The van der Waals surface area contributed by atoms with E-state index in [1.807, 2.05) is 0 Å². The van der Waals surface area contributed by atoms with Gasteiger partial charge in [0, 0.05) is 13.1 Å². The summed E-state index contributed by atoms with van der Waals surface area (Å²) in [4.78, 5) is 2.66. The molecule has 16 heavy (non-hydrogen) atoms. The van der Waals surface area contributed by atoms with Crippen LogP contribution in [0.4, 0.5) is 10.7 Å². The molecule has 0 saturated carbocycles. The molecule has 0 aromatic carbocycles. The van der Waals surface area contributed by atoms with Gasteiger partial charge in [0.15, 0.2) is 5.75 Å². The summed E-state index contributed by atoms with van der Waals surface area (Å²) in [5, 5.41) is 9.86. The van der Waals surface area contributed by atoms with Crippen molar-refractivity contribution < 1.29 is 9.47 Å². The maximum atomic E-state index is 8.93. The molecule has 0 atom stereocenters. The first kappa shape index (κ1) is 11.0. The Morgan fingerprint density at radius 1 is 1.50 bits per heavy atom. The summed E-state index contributed by atoms with van der Waals surface area (Å²) < 4.78 is 10.5. The summed E-state index contributed by atoms with van der Waals surface area (Å²) in [5.74, 6) is 0.614. The van der Waals surface area contributed by atoms with E-state index in [1.54, 1.807) is 7.11 Å². The molecule has 2 heterocycles. The van der Waals surface area contributed by atoms with E-state index in [0.717, 1.165) is 18.1 Å². The van der Waals surface area contributed by atoms with E-state index < -0.39 is 0 Å². The molecule has 0 spiro atoms. The van der Waals surface area contributed by atoms with Gasteiger partial charge in [0.2, 0.25) is 0 Å². The Labute approximate surface area is 98.0 Å². The average Bonchev–Trinajstić information content (AvgIpc) is 2.66. The zero-order valence-electron chi connectivity index (χ0n) is 9.02. The molecule has 1 aromatic heterocycles. The fraction of sp³-hybridized carbons (Fsp3) is 0.500. The fourth-order valence-corrected chi connectivity index (χ4v) is 2.71. The molecule has 1 aromatic rings. The highest BCUT2D eigenvalue weighted by atomic mass is 32.1.